The largest absolute Gasteiger partial charge is 0.459 e. The molecule has 3 saturated heterocycles. The predicted octanol–water partition coefficient (Wildman–Crippen LogP) is 3.05. The van der Waals surface area contributed by atoms with Crippen LogP contribution in [0.1, 0.15) is 119 Å². The average molecular weight is 869 g/mol. The molecule has 0 bridgehead atoms. The second kappa shape index (κ2) is 20.9. The Morgan fingerprint density at radius 2 is 1.64 bits per heavy atom. The average Bonchev–Trinajstić information content (AvgIpc) is 3.19. The van der Waals surface area contributed by atoms with Gasteiger partial charge in [-0.25, -0.2) is 0 Å². The fourth-order valence-corrected chi connectivity index (χ4v) is 9.96. The molecule has 3 aliphatic heterocycles. The Labute approximate surface area is 364 Å². The molecule has 1 aromatic heterocycles. The van der Waals surface area contributed by atoms with Gasteiger partial charge in [0, 0.05) is 50.5 Å². The van der Waals surface area contributed by atoms with E-state index in [2.05, 4.69) is 15.3 Å². The number of aliphatic hydroxyl groups excluding tert-OH is 2. The molecule has 3 fully saturated rings. The number of methoxy groups -OCH3 is 1. The lowest BCUT2D eigenvalue weighted by molar-refractivity contribution is -0.338. The van der Waals surface area contributed by atoms with E-state index in [0.717, 1.165) is 11.4 Å². The summed E-state index contributed by atoms with van der Waals surface area (Å²) in [6.45, 7) is 19.8. The minimum atomic E-state index is -1.80. The number of hydrogen-bond acceptors (Lipinski definition) is 16. The first kappa shape index (κ1) is 51.7. The number of nitrogens with zero attached hydrogens (tertiary/aromatic N) is 3. The van der Waals surface area contributed by atoms with Crippen molar-refractivity contribution in [3.05, 3.63) is 23.8 Å². The number of carbonyl (C=O) groups is 1. The summed E-state index contributed by atoms with van der Waals surface area (Å²) in [5.74, 6) is -3.01. The molecule has 6 N–H and O–H groups in total. The number of carbonyl (C=O) groups excluding carboxylic acids is 1. The van der Waals surface area contributed by atoms with Gasteiger partial charge in [-0.05, 0) is 114 Å². The van der Waals surface area contributed by atoms with Crippen LogP contribution < -0.4 is 5.32 Å². The van der Waals surface area contributed by atoms with Crippen LogP contribution in [0.4, 0.5) is 0 Å². The molecular weight excluding hydrogens is 789 g/mol. The number of aryl methyl sites for hydroxylation is 2. The second-order valence-corrected chi connectivity index (χ2v) is 19.5. The number of esters is 1. The second-order valence-electron chi connectivity index (χ2n) is 19.5. The smallest absolute Gasteiger partial charge is 0.311 e. The van der Waals surface area contributed by atoms with Gasteiger partial charge in [-0.1, -0.05) is 20.8 Å². The van der Waals surface area contributed by atoms with E-state index in [-0.39, 0.29) is 44.0 Å². The van der Waals surface area contributed by atoms with E-state index in [1.165, 1.54) is 14.0 Å². The lowest BCUT2D eigenvalue weighted by atomic mass is 9.72. The van der Waals surface area contributed by atoms with Crippen molar-refractivity contribution in [3.63, 3.8) is 0 Å². The molecule has 1 unspecified atom stereocenters. The van der Waals surface area contributed by atoms with Gasteiger partial charge in [0.25, 0.3) is 0 Å². The minimum absolute atomic E-state index is 0.0748. The maximum atomic E-state index is 14.4. The Balaban J connectivity index is 1.75. The van der Waals surface area contributed by atoms with Crippen molar-refractivity contribution in [2.75, 3.05) is 27.7 Å². The third kappa shape index (κ3) is 11.9. The van der Waals surface area contributed by atoms with Crippen LogP contribution in [0.2, 0.25) is 0 Å². The molecule has 18 atom stereocenters. The van der Waals surface area contributed by atoms with E-state index in [1.54, 1.807) is 47.0 Å². The molecule has 4 rings (SSSR count). The SMILES string of the molecule is CC[C@@H]1OC(=O)[C@H](C)[C@H](OC2C[C@@](C)(OC)[C@](O)(CCCc3cnc(C)cn3)[C@H](C)O2)[C@@H](C)[C@@H](O[C@@H]2O[C@H](C)C[C@H](N(C)C)[C@H]2O)[C@](C)(O)C[C@@H](C)NC[C@@H](C)[C@H](O)[C@]1(C)O. The Bertz CT molecular complexity index is 1540. The summed E-state index contributed by atoms with van der Waals surface area (Å²) in [5.41, 5.74) is -4.40. The quantitative estimate of drug-likeness (QED) is 0.176. The van der Waals surface area contributed by atoms with Crippen LogP contribution in [0, 0.1) is 24.7 Å². The highest BCUT2D eigenvalue weighted by atomic mass is 16.7. The molecule has 0 aromatic carbocycles. The van der Waals surface area contributed by atoms with Gasteiger partial charge in [-0.15, -0.1) is 0 Å². The first-order valence-corrected chi connectivity index (χ1v) is 22.4. The Morgan fingerprint density at radius 3 is 2.23 bits per heavy atom. The van der Waals surface area contributed by atoms with Crippen molar-refractivity contribution < 1.29 is 58.7 Å². The van der Waals surface area contributed by atoms with Crippen LogP contribution in [0.25, 0.3) is 0 Å². The summed E-state index contributed by atoms with van der Waals surface area (Å²) in [4.78, 5) is 25.2. The monoisotopic (exact) mass is 869 g/mol. The molecule has 16 nitrogen and oxygen atoms in total. The third-order valence-corrected chi connectivity index (χ3v) is 14.0. The Morgan fingerprint density at radius 1 is 0.967 bits per heavy atom. The molecule has 0 amide bonds. The van der Waals surface area contributed by atoms with Crippen molar-refractivity contribution >= 4 is 5.97 Å². The van der Waals surface area contributed by atoms with Gasteiger partial charge in [0.05, 0.1) is 53.4 Å². The zero-order chi connectivity index (χ0) is 45.8. The minimum Gasteiger partial charge on any atom is -0.459 e. The van der Waals surface area contributed by atoms with Crippen LogP contribution in [-0.2, 0) is 39.6 Å². The van der Waals surface area contributed by atoms with Gasteiger partial charge >= 0.3 is 5.97 Å². The summed E-state index contributed by atoms with van der Waals surface area (Å²) in [7, 11) is 5.31. The fraction of sp³-hybridized carbons (Fsp3) is 0.889. The highest BCUT2D eigenvalue weighted by molar-refractivity contribution is 5.73. The first-order chi connectivity index (χ1) is 28.3. The van der Waals surface area contributed by atoms with Crippen LogP contribution >= 0.6 is 0 Å². The normalized spacial score (nSPS) is 44.9. The van der Waals surface area contributed by atoms with E-state index in [9.17, 15) is 30.3 Å². The van der Waals surface area contributed by atoms with Gasteiger partial charge in [-0.3, -0.25) is 14.8 Å². The van der Waals surface area contributed by atoms with Gasteiger partial charge in [0.1, 0.15) is 29.0 Å². The molecular formula is C45H80N4O12. The predicted molar refractivity (Wildman–Crippen MR) is 228 cm³/mol. The van der Waals surface area contributed by atoms with E-state index in [1.807, 2.05) is 53.6 Å². The number of likely N-dealkylation sites (N-methyl/N-ethyl adjacent to an activating group) is 1. The number of nitrogens with one attached hydrogen (secondary N) is 1. The summed E-state index contributed by atoms with van der Waals surface area (Å²) in [6, 6.07) is -0.613. The van der Waals surface area contributed by atoms with Gasteiger partial charge in [-0.2, -0.15) is 0 Å². The van der Waals surface area contributed by atoms with E-state index >= 15 is 0 Å². The number of hydrogen-bond donors (Lipinski definition) is 6. The van der Waals surface area contributed by atoms with Gasteiger partial charge < -0.3 is 64.2 Å². The Kier molecular flexibility index (Phi) is 17.7. The standard InChI is InChI=1S/C45H80N4O12/c1-15-34-44(11,54)38(51)25(2)22-46-26(3)20-42(9,53)39(61-41-36(50)33(49(12)13)19-28(5)57-41)29(6)37(30(7)40(52)59-34)60-35-21-43(10,56-14)45(55,31(8)58-35)18-16-17-32-24-47-27(4)23-48-32/h23-26,28-31,33-39,41,46,50-51,53-55H,15-22H2,1-14H3/t25-,26-,28-,29-,30-,31+,33+,34+,35?,36-,37-,38+,39-,41+,42-,43-,44-,45+/m1/s1. The highest BCUT2D eigenvalue weighted by Crippen LogP contribution is 2.45. The number of ether oxygens (including phenoxy) is 6. The van der Waals surface area contributed by atoms with E-state index in [4.69, 9.17) is 28.4 Å². The van der Waals surface area contributed by atoms with Crippen molar-refractivity contribution in [1.82, 2.24) is 20.2 Å². The zero-order valence-corrected chi connectivity index (χ0v) is 39.3. The van der Waals surface area contributed by atoms with Crippen LogP contribution in [0.15, 0.2) is 12.4 Å². The van der Waals surface area contributed by atoms with Crippen LogP contribution in [0.5, 0.6) is 0 Å². The van der Waals surface area contributed by atoms with Gasteiger partial charge in [0.15, 0.2) is 12.6 Å². The molecule has 16 heteroatoms. The third-order valence-electron chi connectivity index (χ3n) is 14.0. The molecule has 1 aromatic rings. The molecule has 3 aliphatic rings. The molecule has 0 spiro atoms. The van der Waals surface area contributed by atoms with Crippen LogP contribution in [0.3, 0.4) is 0 Å². The molecule has 4 heterocycles. The first-order valence-electron chi connectivity index (χ1n) is 22.4. The van der Waals surface area contributed by atoms with E-state index < -0.39 is 95.3 Å². The molecule has 0 saturated carbocycles. The van der Waals surface area contributed by atoms with Crippen molar-refractivity contribution in [2.24, 2.45) is 17.8 Å². The maximum absolute atomic E-state index is 14.4. The number of rotatable bonds is 11. The Hall–Kier alpha value is -1.93. The van der Waals surface area contributed by atoms with Crippen LogP contribution in [-0.4, -0.2) is 164 Å². The lowest BCUT2D eigenvalue weighted by Gasteiger charge is -2.54. The summed E-state index contributed by atoms with van der Waals surface area (Å²) in [6.07, 6.45) is -2.85. The number of aliphatic hydroxyl groups is 5. The fourth-order valence-electron chi connectivity index (χ4n) is 9.96. The summed E-state index contributed by atoms with van der Waals surface area (Å²) >= 11 is 0. The number of cyclic esters (lactones) is 1. The van der Waals surface area contributed by atoms with Crippen molar-refractivity contribution in [1.29, 1.82) is 0 Å². The summed E-state index contributed by atoms with van der Waals surface area (Å²) < 4.78 is 38.6. The molecule has 0 aliphatic carbocycles. The topological polar surface area (TPSA) is 215 Å². The molecule has 61 heavy (non-hydrogen) atoms. The molecule has 0 radical (unpaired) electrons. The lowest BCUT2D eigenvalue weighted by Crippen LogP contribution is -2.66. The van der Waals surface area contributed by atoms with Crippen molar-refractivity contribution in [3.8, 4) is 0 Å². The van der Waals surface area contributed by atoms with E-state index in [0.29, 0.717) is 25.7 Å². The summed E-state index contributed by atoms with van der Waals surface area (Å²) in [5, 5.41) is 63.2. The zero-order valence-electron chi connectivity index (χ0n) is 39.3. The van der Waals surface area contributed by atoms with Crippen molar-refractivity contribution in [2.45, 2.75) is 211 Å². The number of aromatic nitrogens is 2. The maximum Gasteiger partial charge on any atom is 0.311 e. The van der Waals surface area contributed by atoms with Gasteiger partial charge in [0.2, 0.25) is 0 Å². The highest BCUT2D eigenvalue weighted by Gasteiger charge is 2.58. The molecule has 352 valence electrons.